The van der Waals surface area contributed by atoms with Gasteiger partial charge in [0.1, 0.15) is 11.2 Å². The van der Waals surface area contributed by atoms with Crippen molar-refractivity contribution in [1.29, 1.82) is 0 Å². The first-order chi connectivity index (χ1) is 13.2. The minimum Gasteiger partial charge on any atom is -0.456 e. The van der Waals surface area contributed by atoms with Crippen molar-refractivity contribution >= 4 is 21.9 Å². The molecule has 0 bridgehead atoms. The second-order valence-corrected chi connectivity index (χ2v) is 7.22. The largest absolute Gasteiger partial charge is 0.456 e. The average molecular weight is 348 g/mol. The number of rotatable bonds is 2. The zero-order valence-electron chi connectivity index (χ0n) is 15.5. The number of hydrogen-bond donors (Lipinski definition) is 0. The van der Waals surface area contributed by atoms with Gasteiger partial charge in [-0.05, 0) is 54.3 Å². The van der Waals surface area contributed by atoms with Gasteiger partial charge in [-0.3, -0.25) is 0 Å². The summed E-state index contributed by atoms with van der Waals surface area (Å²) in [5.74, 6) is 0. The minimum absolute atomic E-state index is 0.933. The Kier molecular flexibility index (Phi) is 3.61. The van der Waals surface area contributed by atoms with E-state index in [1.165, 1.54) is 33.4 Å². The van der Waals surface area contributed by atoms with E-state index in [-0.39, 0.29) is 0 Å². The van der Waals surface area contributed by atoms with Gasteiger partial charge in [-0.1, -0.05) is 77.9 Å². The highest BCUT2D eigenvalue weighted by Gasteiger charge is 2.14. The van der Waals surface area contributed by atoms with E-state index < -0.39 is 0 Å². The van der Waals surface area contributed by atoms with Crippen molar-refractivity contribution in [3.8, 4) is 22.3 Å². The molecular formula is C26H20O. The summed E-state index contributed by atoms with van der Waals surface area (Å²) in [4.78, 5) is 0. The maximum atomic E-state index is 6.15. The molecule has 1 nitrogen and oxygen atoms in total. The smallest absolute Gasteiger partial charge is 0.136 e. The molecule has 0 radical (unpaired) electrons. The normalized spacial score (nSPS) is 11.3. The van der Waals surface area contributed by atoms with Gasteiger partial charge in [0.25, 0.3) is 0 Å². The van der Waals surface area contributed by atoms with Crippen molar-refractivity contribution in [2.24, 2.45) is 0 Å². The Balaban J connectivity index is 1.85. The molecule has 0 amide bonds. The van der Waals surface area contributed by atoms with E-state index in [0.29, 0.717) is 0 Å². The molecule has 0 spiro atoms. The predicted octanol–water partition coefficient (Wildman–Crippen LogP) is 7.54. The van der Waals surface area contributed by atoms with Gasteiger partial charge in [0.05, 0.1) is 0 Å². The lowest BCUT2D eigenvalue weighted by molar-refractivity contribution is 0.669. The Morgan fingerprint density at radius 3 is 1.70 bits per heavy atom. The molecule has 0 saturated heterocycles. The molecule has 1 heteroatoms. The Labute approximate surface area is 158 Å². The van der Waals surface area contributed by atoms with Gasteiger partial charge in [0, 0.05) is 10.8 Å². The van der Waals surface area contributed by atoms with Crippen molar-refractivity contribution < 1.29 is 4.42 Å². The number of benzene rings is 4. The molecular weight excluding hydrogens is 328 g/mol. The molecule has 1 heterocycles. The lowest BCUT2D eigenvalue weighted by atomic mass is 9.92. The van der Waals surface area contributed by atoms with E-state index >= 15 is 0 Å². The van der Waals surface area contributed by atoms with Gasteiger partial charge < -0.3 is 4.42 Å². The van der Waals surface area contributed by atoms with Crippen LogP contribution in [-0.4, -0.2) is 0 Å². The summed E-state index contributed by atoms with van der Waals surface area (Å²) in [6, 6.07) is 30.2. The van der Waals surface area contributed by atoms with Crippen molar-refractivity contribution in [3.63, 3.8) is 0 Å². The Morgan fingerprint density at radius 1 is 0.519 bits per heavy atom. The van der Waals surface area contributed by atoms with Crippen LogP contribution in [0.3, 0.4) is 0 Å². The quantitative estimate of drug-likeness (QED) is 0.321. The molecule has 130 valence electrons. The SMILES string of the molecule is Cc1ccc(-c2cc3oc4ccccc4c3cc2-c2ccc(C)cc2)cc1. The van der Waals surface area contributed by atoms with Crippen LogP contribution in [0.15, 0.2) is 89.3 Å². The number of furan rings is 1. The molecule has 0 fully saturated rings. The first-order valence-corrected chi connectivity index (χ1v) is 9.28. The summed E-state index contributed by atoms with van der Waals surface area (Å²) in [7, 11) is 0. The maximum absolute atomic E-state index is 6.15. The predicted molar refractivity (Wildman–Crippen MR) is 114 cm³/mol. The van der Waals surface area contributed by atoms with E-state index in [9.17, 15) is 0 Å². The van der Waals surface area contributed by atoms with E-state index in [0.717, 1.165) is 21.9 Å². The number of fused-ring (bicyclic) bond motifs is 3. The fourth-order valence-corrected chi connectivity index (χ4v) is 3.72. The lowest BCUT2D eigenvalue weighted by Gasteiger charge is -2.12. The van der Waals surface area contributed by atoms with Gasteiger partial charge in [0.15, 0.2) is 0 Å². The van der Waals surface area contributed by atoms with Crippen LogP contribution < -0.4 is 0 Å². The van der Waals surface area contributed by atoms with Crippen LogP contribution >= 0.6 is 0 Å². The van der Waals surface area contributed by atoms with E-state index in [2.05, 4.69) is 86.6 Å². The number of hydrogen-bond acceptors (Lipinski definition) is 1. The number of para-hydroxylation sites is 1. The molecule has 27 heavy (non-hydrogen) atoms. The van der Waals surface area contributed by atoms with Gasteiger partial charge in [-0.25, -0.2) is 0 Å². The molecule has 1 aromatic heterocycles. The summed E-state index contributed by atoms with van der Waals surface area (Å²) in [5.41, 5.74) is 9.27. The van der Waals surface area contributed by atoms with Crippen LogP contribution in [0.25, 0.3) is 44.2 Å². The van der Waals surface area contributed by atoms with Crippen molar-refractivity contribution in [2.75, 3.05) is 0 Å². The summed E-state index contributed by atoms with van der Waals surface area (Å²) in [6.45, 7) is 4.24. The van der Waals surface area contributed by atoms with Crippen molar-refractivity contribution in [3.05, 3.63) is 96.1 Å². The third kappa shape index (κ3) is 2.72. The average Bonchev–Trinajstić information content (AvgIpc) is 3.06. The zero-order valence-corrected chi connectivity index (χ0v) is 15.5. The first kappa shape index (κ1) is 15.9. The maximum Gasteiger partial charge on any atom is 0.136 e. The van der Waals surface area contributed by atoms with Crippen LogP contribution in [-0.2, 0) is 0 Å². The standard InChI is InChI=1S/C26H20O/c1-17-7-11-19(12-8-17)22-15-24-21-5-3-4-6-25(21)27-26(24)16-23(22)20-13-9-18(2)10-14-20/h3-16H,1-2H3. The lowest BCUT2D eigenvalue weighted by Crippen LogP contribution is -1.87. The Hall–Kier alpha value is -3.32. The summed E-state index contributed by atoms with van der Waals surface area (Å²) >= 11 is 0. The van der Waals surface area contributed by atoms with Gasteiger partial charge >= 0.3 is 0 Å². The Morgan fingerprint density at radius 2 is 1.07 bits per heavy atom. The Bertz CT molecular complexity index is 1260. The molecule has 0 atom stereocenters. The van der Waals surface area contributed by atoms with E-state index in [1.807, 2.05) is 12.1 Å². The molecule has 0 aliphatic carbocycles. The monoisotopic (exact) mass is 348 g/mol. The van der Waals surface area contributed by atoms with Crippen LogP contribution in [0.4, 0.5) is 0 Å². The summed E-state index contributed by atoms with van der Waals surface area (Å²) < 4.78 is 6.15. The molecule has 4 aromatic carbocycles. The van der Waals surface area contributed by atoms with Crippen molar-refractivity contribution in [1.82, 2.24) is 0 Å². The van der Waals surface area contributed by atoms with Crippen LogP contribution in [0.2, 0.25) is 0 Å². The summed E-state index contributed by atoms with van der Waals surface area (Å²) in [5, 5.41) is 2.33. The fourth-order valence-electron chi connectivity index (χ4n) is 3.72. The topological polar surface area (TPSA) is 13.1 Å². The van der Waals surface area contributed by atoms with Gasteiger partial charge in [-0.15, -0.1) is 0 Å². The van der Waals surface area contributed by atoms with Gasteiger partial charge in [-0.2, -0.15) is 0 Å². The van der Waals surface area contributed by atoms with Crippen LogP contribution in [0, 0.1) is 13.8 Å². The van der Waals surface area contributed by atoms with E-state index in [1.54, 1.807) is 0 Å². The zero-order chi connectivity index (χ0) is 18.4. The van der Waals surface area contributed by atoms with E-state index in [4.69, 9.17) is 4.42 Å². The molecule has 0 saturated carbocycles. The molecule has 0 N–H and O–H groups in total. The third-order valence-electron chi connectivity index (χ3n) is 5.24. The highest BCUT2D eigenvalue weighted by Crippen LogP contribution is 2.39. The molecule has 5 aromatic rings. The van der Waals surface area contributed by atoms with Gasteiger partial charge in [0.2, 0.25) is 0 Å². The second kappa shape index (κ2) is 6.14. The molecule has 0 aliphatic rings. The highest BCUT2D eigenvalue weighted by atomic mass is 16.3. The van der Waals surface area contributed by atoms with Crippen molar-refractivity contribution in [2.45, 2.75) is 13.8 Å². The number of aryl methyl sites for hydroxylation is 2. The molecule has 0 aliphatic heterocycles. The fraction of sp³-hybridized carbons (Fsp3) is 0.0769. The third-order valence-corrected chi connectivity index (χ3v) is 5.24. The van der Waals surface area contributed by atoms with Crippen LogP contribution in [0.5, 0.6) is 0 Å². The first-order valence-electron chi connectivity index (χ1n) is 9.28. The minimum atomic E-state index is 0.933. The summed E-state index contributed by atoms with van der Waals surface area (Å²) in [6.07, 6.45) is 0. The van der Waals surface area contributed by atoms with Crippen LogP contribution in [0.1, 0.15) is 11.1 Å². The molecule has 0 unspecified atom stereocenters. The second-order valence-electron chi connectivity index (χ2n) is 7.22. The highest BCUT2D eigenvalue weighted by molar-refractivity contribution is 6.08. The molecule has 5 rings (SSSR count).